The van der Waals surface area contributed by atoms with Gasteiger partial charge in [0.15, 0.2) is 0 Å². The van der Waals surface area contributed by atoms with E-state index in [2.05, 4.69) is 10.2 Å². The number of hydrogen-bond acceptors (Lipinski definition) is 3. The fourth-order valence-electron chi connectivity index (χ4n) is 4.13. The average molecular weight is 347 g/mol. The van der Waals surface area contributed by atoms with Crippen LogP contribution in [0.1, 0.15) is 24.4 Å². The number of carbonyl (C=O) groups is 1. The summed E-state index contributed by atoms with van der Waals surface area (Å²) in [5.41, 5.74) is 0.644. The molecular formula is C19H26FN3O2. The van der Waals surface area contributed by atoms with E-state index in [-0.39, 0.29) is 17.9 Å². The van der Waals surface area contributed by atoms with Crippen LogP contribution in [0.5, 0.6) is 0 Å². The van der Waals surface area contributed by atoms with Gasteiger partial charge in [-0.05, 0) is 30.7 Å². The van der Waals surface area contributed by atoms with E-state index >= 15 is 0 Å². The number of piperidine rings is 1. The molecular weight excluding hydrogens is 321 g/mol. The monoisotopic (exact) mass is 347 g/mol. The first-order chi connectivity index (χ1) is 12.2. The molecule has 3 unspecified atom stereocenters. The van der Waals surface area contributed by atoms with Crippen LogP contribution in [-0.2, 0) is 4.74 Å². The number of benzene rings is 1. The molecule has 0 bridgehead atoms. The molecule has 3 atom stereocenters. The van der Waals surface area contributed by atoms with Crippen LogP contribution in [0.15, 0.2) is 24.3 Å². The second kappa shape index (κ2) is 7.30. The molecule has 1 aromatic carbocycles. The smallest absolute Gasteiger partial charge is 0.317 e. The summed E-state index contributed by atoms with van der Waals surface area (Å²) in [4.78, 5) is 16.7. The minimum atomic E-state index is -0.216. The van der Waals surface area contributed by atoms with E-state index in [4.69, 9.17) is 4.74 Å². The van der Waals surface area contributed by atoms with E-state index in [0.717, 1.165) is 38.5 Å². The quantitative estimate of drug-likeness (QED) is 0.909. The highest BCUT2D eigenvalue weighted by Crippen LogP contribution is 2.44. The Hall–Kier alpha value is -1.66. The summed E-state index contributed by atoms with van der Waals surface area (Å²) >= 11 is 0. The standard InChI is InChI=1S/C19H26FN3O2/c20-17-4-2-1-3-16(17)18(22-7-9-25-10-8-22)12-21-19(24)23-6-5-14-11-15(14)13-23/h1-4,14-15,18H,5-13H2,(H,21,24). The lowest BCUT2D eigenvalue weighted by atomic mass is 10.0. The van der Waals surface area contributed by atoms with Gasteiger partial charge in [0.1, 0.15) is 5.82 Å². The highest BCUT2D eigenvalue weighted by molar-refractivity contribution is 5.74. The number of rotatable bonds is 4. The van der Waals surface area contributed by atoms with Crippen LogP contribution in [0.2, 0.25) is 0 Å². The molecule has 3 fully saturated rings. The Kier molecular flexibility index (Phi) is 4.90. The summed E-state index contributed by atoms with van der Waals surface area (Å²) in [7, 11) is 0. The van der Waals surface area contributed by atoms with Crippen molar-refractivity contribution in [3.63, 3.8) is 0 Å². The maximum absolute atomic E-state index is 14.3. The van der Waals surface area contributed by atoms with Crippen molar-refractivity contribution in [1.82, 2.24) is 15.1 Å². The van der Waals surface area contributed by atoms with Crippen LogP contribution in [-0.4, -0.2) is 61.8 Å². The topological polar surface area (TPSA) is 44.8 Å². The van der Waals surface area contributed by atoms with Gasteiger partial charge >= 0.3 is 6.03 Å². The average Bonchev–Trinajstić information content (AvgIpc) is 3.42. The lowest BCUT2D eigenvalue weighted by Crippen LogP contribution is -2.48. The number of amides is 2. The summed E-state index contributed by atoms with van der Waals surface area (Å²) < 4.78 is 19.8. The van der Waals surface area contributed by atoms with Crippen molar-refractivity contribution in [3.8, 4) is 0 Å². The van der Waals surface area contributed by atoms with Gasteiger partial charge in [0, 0.05) is 38.3 Å². The first kappa shape index (κ1) is 16.8. The SMILES string of the molecule is O=C(NCC(c1ccccc1F)N1CCOCC1)N1CCC2CC2C1. The molecule has 1 aromatic rings. The van der Waals surface area contributed by atoms with E-state index in [1.807, 2.05) is 17.0 Å². The lowest BCUT2D eigenvalue weighted by molar-refractivity contribution is 0.0157. The van der Waals surface area contributed by atoms with Crippen LogP contribution >= 0.6 is 0 Å². The largest absolute Gasteiger partial charge is 0.379 e. The van der Waals surface area contributed by atoms with Crippen LogP contribution in [0, 0.1) is 17.7 Å². The van der Waals surface area contributed by atoms with Gasteiger partial charge in [-0.2, -0.15) is 0 Å². The Balaban J connectivity index is 1.42. The molecule has 1 N–H and O–H groups in total. The molecule has 1 aliphatic carbocycles. The fourth-order valence-corrected chi connectivity index (χ4v) is 4.13. The minimum Gasteiger partial charge on any atom is -0.379 e. The van der Waals surface area contributed by atoms with Crippen molar-refractivity contribution >= 4 is 6.03 Å². The zero-order chi connectivity index (χ0) is 17.2. The number of nitrogens with one attached hydrogen (secondary N) is 1. The summed E-state index contributed by atoms with van der Waals surface area (Å²) in [5, 5.41) is 3.05. The van der Waals surface area contributed by atoms with Crippen LogP contribution in [0.4, 0.5) is 9.18 Å². The summed E-state index contributed by atoms with van der Waals surface area (Å²) in [6, 6.07) is 6.69. The van der Waals surface area contributed by atoms with E-state index < -0.39 is 0 Å². The third-order valence-electron chi connectivity index (χ3n) is 5.78. The summed E-state index contributed by atoms with van der Waals surface area (Å²) in [6.07, 6.45) is 2.40. The Bertz CT molecular complexity index is 620. The van der Waals surface area contributed by atoms with Crippen molar-refractivity contribution < 1.29 is 13.9 Å². The minimum absolute atomic E-state index is 0.0139. The van der Waals surface area contributed by atoms with Gasteiger partial charge in [0.05, 0.1) is 19.3 Å². The fraction of sp³-hybridized carbons (Fsp3) is 0.632. The van der Waals surface area contributed by atoms with Gasteiger partial charge in [-0.1, -0.05) is 18.2 Å². The van der Waals surface area contributed by atoms with E-state index in [0.29, 0.717) is 31.2 Å². The van der Waals surface area contributed by atoms with Crippen LogP contribution in [0.25, 0.3) is 0 Å². The molecule has 2 heterocycles. The number of hydrogen-bond donors (Lipinski definition) is 1. The Morgan fingerprint density at radius 3 is 2.80 bits per heavy atom. The van der Waals surface area contributed by atoms with Crippen molar-refractivity contribution in [2.75, 3.05) is 45.9 Å². The zero-order valence-corrected chi connectivity index (χ0v) is 14.5. The van der Waals surface area contributed by atoms with Gasteiger partial charge in [-0.25, -0.2) is 9.18 Å². The van der Waals surface area contributed by atoms with Crippen LogP contribution < -0.4 is 5.32 Å². The number of urea groups is 1. The van der Waals surface area contributed by atoms with E-state index in [1.54, 1.807) is 6.07 Å². The van der Waals surface area contributed by atoms with Gasteiger partial charge in [0.25, 0.3) is 0 Å². The first-order valence-electron chi connectivity index (χ1n) is 9.31. The Labute approximate surface area is 148 Å². The number of halogens is 1. The van der Waals surface area contributed by atoms with E-state index in [9.17, 15) is 9.18 Å². The predicted molar refractivity (Wildman–Crippen MR) is 92.7 cm³/mol. The molecule has 25 heavy (non-hydrogen) atoms. The predicted octanol–water partition coefficient (Wildman–Crippen LogP) is 2.25. The van der Waals surface area contributed by atoms with Crippen molar-refractivity contribution in [2.45, 2.75) is 18.9 Å². The molecule has 0 aromatic heterocycles. The second-order valence-electron chi connectivity index (χ2n) is 7.36. The second-order valence-corrected chi connectivity index (χ2v) is 7.36. The molecule has 2 saturated heterocycles. The number of likely N-dealkylation sites (tertiary alicyclic amines) is 1. The molecule has 0 spiro atoms. The molecule has 1 saturated carbocycles. The Morgan fingerprint density at radius 1 is 1.24 bits per heavy atom. The number of ether oxygens (including phenoxy) is 1. The molecule has 0 radical (unpaired) electrons. The highest BCUT2D eigenvalue weighted by Gasteiger charge is 2.42. The lowest BCUT2D eigenvalue weighted by Gasteiger charge is -2.35. The normalized spacial score (nSPS) is 27.5. The van der Waals surface area contributed by atoms with Gasteiger partial charge in [0.2, 0.25) is 0 Å². The Morgan fingerprint density at radius 2 is 2.04 bits per heavy atom. The highest BCUT2D eigenvalue weighted by atomic mass is 19.1. The third-order valence-corrected chi connectivity index (χ3v) is 5.78. The van der Waals surface area contributed by atoms with Crippen molar-refractivity contribution in [1.29, 1.82) is 0 Å². The molecule has 6 heteroatoms. The molecule has 136 valence electrons. The van der Waals surface area contributed by atoms with Crippen molar-refractivity contribution in [2.24, 2.45) is 11.8 Å². The van der Waals surface area contributed by atoms with E-state index in [1.165, 1.54) is 12.5 Å². The zero-order valence-electron chi connectivity index (χ0n) is 14.5. The maximum Gasteiger partial charge on any atom is 0.317 e. The first-order valence-corrected chi connectivity index (χ1v) is 9.31. The van der Waals surface area contributed by atoms with Crippen molar-refractivity contribution in [3.05, 3.63) is 35.6 Å². The molecule has 5 nitrogen and oxygen atoms in total. The molecule has 2 amide bonds. The molecule has 4 rings (SSSR count). The number of fused-ring (bicyclic) bond motifs is 1. The van der Waals surface area contributed by atoms with Crippen LogP contribution in [0.3, 0.4) is 0 Å². The van der Waals surface area contributed by atoms with Gasteiger partial charge in [-0.15, -0.1) is 0 Å². The third kappa shape index (κ3) is 3.80. The van der Waals surface area contributed by atoms with Gasteiger partial charge in [-0.3, -0.25) is 4.90 Å². The maximum atomic E-state index is 14.3. The molecule has 2 aliphatic heterocycles. The summed E-state index contributed by atoms with van der Waals surface area (Å²) in [6.45, 7) is 4.94. The number of carbonyl (C=O) groups excluding carboxylic acids is 1. The van der Waals surface area contributed by atoms with Gasteiger partial charge < -0.3 is 15.0 Å². The summed E-state index contributed by atoms with van der Waals surface area (Å²) in [5.74, 6) is 1.34. The number of morpholine rings is 1. The number of nitrogens with zero attached hydrogens (tertiary/aromatic N) is 2. The molecule has 3 aliphatic rings.